The molecule has 3 N–H and O–H groups in total. The van der Waals surface area contributed by atoms with Gasteiger partial charge < -0.3 is 10.8 Å². The number of alkyl halides is 2. The van der Waals surface area contributed by atoms with Crippen LogP contribution in [0.5, 0.6) is 0 Å². The lowest BCUT2D eigenvalue weighted by Crippen LogP contribution is -2.10. The van der Waals surface area contributed by atoms with Gasteiger partial charge in [0.2, 0.25) is 0 Å². The van der Waals surface area contributed by atoms with Crippen LogP contribution < -0.4 is 5.73 Å². The molecule has 1 aromatic heterocycles. The third-order valence-corrected chi connectivity index (χ3v) is 2.70. The van der Waals surface area contributed by atoms with E-state index in [1.165, 1.54) is 0 Å². The van der Waals surface area contributed by atoms with Gasteiger partial charge in [-0.25, -0.2) is 18.6 Å². The Morgan fingerprint density at radius 2 is 2.21 bits per heavy atom. The molecule has 1 aromatic rings. The topological polar surface area (TPSA) is 76.2 Å². The minimum atomic E-state index is -2.90. The molecular weight excluding hydrogens is 309 g/mol. The first kappa shape index (κ1) is 11.1. The van der Waals surface area contributed by atoms with E-state index in [-0.39, 0.29) is 9.26 Å². The van der Waals surface area contributed by atoms with Crippen molar-refractivity contribution in [1.82, 2.24) is 4.98 Å². The van der Waals surface area contributed by atoms with Gasteiger partial charge in [0.15, 0.2) is 5.69 Å². The van der Waals surface area contributed by atoms with Gasteiger partial charge in [0.05, 0.1) is 17.4 Å². The van der Waals surface area contributed by atoms with E-state index < -0.39 is 23.7 Å². The van der Waals surface area contributed by atoms with Crippen molar-refractivity contribution < 1.29 is 18.7 Å². The highest BCUT2D eigenvalue weighted by Gasteiger charge is 2.23. The first-order valence-electron chi connectivity index (χ1n) is 3.40. The van der Waals surface area contributed by atoms with Gasteiger partial charge in [-0.2, -0.15) is 0 Å². The van der Waals surface area contributed by atoms with E-state index in [9.17, 15) is 13.6 Å². The van der Waals surface area contributed by atoms with Crippen molar-refractivity contribution in [2.24, 2.45) is 0 Å². The molecule has 0 unspecified atom stereocenters. The molecule has 0 aliphatic carbocycles. The fraction of sp³-hybridized carbons (Fsp3) is 0.143. The molecular formula is C7H5F2IN2O2. The zero-order chi connectivity index (χ0) is 10.9. The van der Waals surface area contributed by atoms with Gasteiger partial charge in [0.25, 0.3) is 6.43 Å². The lowest BCUT2D eigenvalue weighted by molar-refractivity contribution is 0.0677. The van der Waals surface area contributed by atoms with E-state index in [1.54, 1.807) is 22.6 Å². The number of aromatic carboxylic acids is 1. The number of anilines is 1. The maximum atomic E-state index is 12.5. The highest BCUT2D eigenvalue weighted by atomic mass is 127. The molecule has 0 bridgehead atoms. The Balaban J connectivity index is 3.45. The summed E-state index contributed by atoms with van der Waals surface area (Å²) >= 11 is 1.57. The Kier molecular flexibility index (Phi) is 3.19. The molecule has 0 spiro atoms. The number of nitrogens with zero attached hydrogens (tertiary/aromatic N) is 1. The molecule has 1 heterocycles. The molecule has 0 aromatic carbocycles. The maximum Gasteiger partial charge on any atom is 0.355 e. The monoisotopic (exact) mass is 314 g/mol. The van der Waals surface area contributed by atoms with Crippen molar-refractivity contribution in [3.8, 4) is 0 Å². The molecule has 0 saturated heterocycles. The van der Waals surface area contributed by atoms with Gasteiger partial charge in [-0.05, 0) is 22.6 Å². The second-order valence-electron chi connectivity index (χ2n) is 2.40. The van der Waals surface area contributed by atoms with E-state index in [0.29, 0.717) is 0 Å². The molecule has 0 fully saturated rings. The molecule has 14 heavy (non-hydrogen) atoms. The van der Waals surface area contributed by atoms with Gasteiger partial charge in [0.1, 0.15) is 0 Å². The molecule has 7 heteroatoms. The number of halogens is 3. The normalized spacial score (nSPS) is 10.6. The van der Waals surface area contributed by atoms with Crippen LogP contribution in [0.1, 0.15) is 22.5 Å². The van der Waals surface area contributed by atoms with E-state index >= 15 is 0 Å². The summed E-state index contributed by atoms with van der Waals surface area (Å²) in [4.78, 5) is 13.9. The van der Waals surface area contributed by atoms with Crippen LogP contribution >= 0.6 is 22.6 Å². The number of nitrogens with two attached hydrogens (primary N) is 1. The minimum absolute atomic E-state index is 0.0324. The van der Waals surface area contributed by atoms with Crippen LogP contribution in [0.2, 0.25) is 0 Å². The van der Waals surface area contributed by atoms with Crippen molar-refractivity contribution >= 4 is 34.2 Å². The number of pyridine rings is 1. The van der Waals surface area contributed by atoms with Crippen LogP contribution in [-0.4, -0.2) is 16.1 Å². The minimum Gasteiger partial charge on any atom is -0.476 e. The number of carboxylic acid groups (broad SMARTS) is 1. The summed E-state index contributed by atoms with van der Waals surface area (Å²) in [5.41, 5.74) is 4.10. The molecule has 0 amide bonds. The average molecular weight is 314 g/mol. The molecule has 0 atom stereocenters. The number of nitrogen functional groups attached to an aromatic ring is 1. The summed E-state index contributed by atoms with van der Waals surface area (Å²) in [6.07, 6.45) is -1.85. The first-order valence-corrected chi connectivity index (χ1v) is 4.48. The molecule has 1 rings (SSSR count). The lowest BCUT2D eigenvalue weighted by atomic mass is 10.2. The van der Waals surface area contributed by atoms with E-state index in [2.05, 4.69) is 4.98 Å². The van der Waals surface area contributed by atoms with Gasteiger partial charge in [0, 0.05) is 3.57 Å². The number of aromatic nitrogens is 1. The average Bonchev–Trinajstić information content (AvgIpc) is 2.08. The Hall–Kier alpha value is -0.990. The molecule has 0 radical (unpaired) electrons. The standard InChI is InChI=1S/C7H5F2IN2O2/c8-6(9)3-4(10)2(11)1-12-5(3)7(13)14/h1,6H,11H2,(H,13,14). The highest BCUT2D eigenvalue weighted by molar-refractivity contribution is 14.1. The summed E-state index contributed by atoms with van der Waals surface area (Å²) in [5, 5.41) is 8.59. The number of hydrogen-bond donors (Lipinski definition) is 2. The summed E-state index contributed by atoms with van der Waals surface area (Å²) in [6, 6.07) is 0. The summed E-state index contributed by atoms with van der Waals surface area (Å²) in [6.45, 7) is 0. The van der Waals surface area contributed by atoms with E-state index in [1.807, 2.05) is 0 Å². The Bertz CT molecular complexity index is 384. The van der Waals surface area contributed by atoms with Crippen molar-refractivity contribution in [1.29, 1.82) is 0 Å². The summed E-state index contributed by atoms with van der Waals surface area (Å²) < 4.78 is 25.0. The molecule has 4 nitrogen and oxygen atoms in total. The Morgan fingerprint density at radius 3 is 2.64 bits per heavy atom. The molecule has 0 aliphatic rings. The van der Waals surface area contributed by atoms with Crippen molar-refractivity contribution in [2.75, 3.05) is 5.73 Å². The van der Waals surface area contributed by atoms with Gasteiger partial charge in [-0.15, -0.1) is 0 Å². The zero-order valence-corrected chi connectivity index (χ0v) is 8.83. The van der Waals surface area contributed by atoms with Gasteiger partial charge in [-0.3, -0.25) is 0 Å². The SMILES string of the molecule is Nc1cnc(C(=O)O)c(C(F)F)c1I. The fourth-order valence-electron chi connectivity index (χ4n) is 0.889. The lowest BCUT2D eigenvalue weighted by Gasteiger charge is -2.08. The quantitative estimate of drug-likeness (QED) is 0.818. The Labute approximate surface area is 91.3 Å². The molecule has 0 aliphatic heterocycles. The second-order valence-corrected chi connectivity index (χ2v) is 3.47. The van der Waals surface area contributed by atoms with Crippen molar-refractivity contribution in [3.63, 3.8) is 0 Å². The van der Waals surface area contributed by atoms with Crippen molar-refractivity contribution in [2.45, 2.75) is 6.43 Å². The van der Waals surface area contributed by atoms with E-state index in [0.717, 1.165) is 6.20 Å². The zero-order valence-electron chi connectivity index (χ0n) is 6.67. The van der Waals surface area contributed by atoms with E-state index in [4.69, 9.17) is 10.8 Å². The maximum absolute atomic E-state index is 12.5. The van der Waals surface area contributed by atoms with Gasteiger partial charge in [-0.1, -0.05) is 0 Å². The third kappa shape index (κ3) is 1.91. The van der Waals surface area contributed by atoms with Gasteiger partial charge >= 0.3 is 5.97 Å². The van der Waals surface area contributed by atoms with Crippen LogP contribution in [0, 0.1) is 3.57 Å². The fourth-order valence-corrected chi connectivity index (χ4v) is 1.52. The third-order valence-electron chi connectivity index (χ3n) is 1.50. The smallest absolute Gasteiger partial charge is 0.355 e. The second kappa shape index (κ2) is 4.03. The number of rotatable bonds is 2. The summed E-state index contributed by atoms with van der Waals surface area (Å²) in [5.74, 6) is -1.49. The van der Waals surface area contributed by atoms with Crippen LogP contribution in [0.15, 0.2) is 6.20 Å². The Morgan fingerprint density at radius 1 is 1.64 bits per heavy atom. The van der Waals surface area contributed by atoms with Crippen molar-refractivity contribution in [3.05, 3.63) is 21.0 Å². The predicted octanol–water partition coefficient (Wildman–Crippen LogP) is 1.90. The highest BCUT2D eigenvalue weighted by Crippen LogP contribution is 2.30. The van der Waals surface area contributed by atoms with Crippen LogP contribution in [-0.2, 0) is 0 Å². The first-order chi connectivity index (χ1) is 6.45. The number of hydrogen-bond acceptors (Lipinski definition) is 3. The van der Waals surface area contributed by atoms with Crippen LogP contribution in [0.25, 0.3) is 0 Å². The van der Waals surface area contributed by atoms with Crippen LogP contribution in [0.3, 0.4) is 0 Å². The van der Waals surface area contributed by atoms with Crippen LogP contribution in [0.4, 0.5) is 14.5 Å². The number of carboxylic acids is 1. The number of carbonyl (C=O) groups is 1. The summed E-state index contributed by atoms with van der Waals surface area (Å²) in [7, 11) is 0. The predicted molar refractivity (Wildman–Crippen MR) is 53.3 cm³/mol. The largest absolute Gasteiger partial charge is 0.476 e. The molecule has 76 valence electrons. The molecule has 0 saturated carbocycles.